The summed E-state index contributed by atoms with van der Waals surface area (Å²) in [6.07, 6.45) is 1.60. The second-order valence-electron chi connectivity index (χ2n) is 4.22. The number of hydrogen-bond acceptors (Lipinski definition) is 3. The van der Waals surface area contributed by atoms with E-state index in [1.807, 2.05) is 6.92 Å². The Labute approximate surface area is 110 Å². The maximum atomic E-state index is 13.6. The van der Waals surface area contributed by atoms with Crippen LogP contribution in [0.4, 0.5) is 14.5 Å². The van der Waals surface area contributed by atoms with Crippen molar-refractivity contribution in [1.82, 2.24) is 4.90 Å². The highest BCUT2D eigenvalue weighted by molar-refractivity contribution is 5.95. The fourth-order valence-corrected chi connectivity index (χ4v) is 1.68. The van der Waals surface area contributed by atoms with Gasteiger partial charge in [-0.25, -0.2) is 8.78 Å². The van der Waals surface area contributed by atoms with Crippen molar-refractivity contribution < 1.29 is 18.7 Å². The maximum Gasteiger partial charge on any atom is 0.256 e. The van der Waals surface area contributed by atoms with Gasteiger partial charge in [0.25, 0.3) is 5.91 Å². The second-order valence-corrected chi connectivity index (χ2v) is 4.22. The smallest absolute Gasteiger partial charge is 0.256 e. The van der Waals surface area contributed by atoms with E-state index in [1.54, 1.807) is 0 Å². The van der Waals surface area contributed by atoms with Crippen LogP contribution in [0.25, 0.3) is 0 Å². The quantitative estimate of drug-likeness (QED) is 0.776. The molecule has 1 rings (SSSR count). The van der Waals surface area contributed by atoms with Crippen molar-refractivity contribution >= 4 is 11.6 Å². The summed E-state index contributed by atoms with van der Waals surface area (Å²) in [5.41, 5.74) is 4.79. The molecule has 0 fully saturated rings. The zero-order chi connectivity index (χ0) is 14.4. The SMILES string of the molecule is CCCCN(CCO)C(=O)c1cc(N)c(F)cc1F. The number of nitrogens with zero attached hydrogens (tertiary/aromatic N) is 1. The van der Waals surface area contributed by atoms with Crippen LogP contribution < -0.4 is 5.73 Å². The van der Waals surface area contributed by atoms with Crippen molar-refractivity contribution in [3.8, 4) is 0 Å². The molecule has 0 saturated carbocycles. The summed E-state index contributed by atoms with van der Waals surface area (Å²) >= 11 is 0. The van der Waals surface area contributed by atoms with E-state index in [1.165, 1.54) is 4.90 Å². The molecule has 0 radical (unpaired) electrons. The Morgan fingerprint density at radius 2 is 2.00 bits per heavy atom. The normalized spacial score (nSPS) is 10.5. The highest BCUT2D eigenvalue weighted by atomic mass is 19.1. The van der Waals surface area contributed by atoms with Crippen LogP contribution in [-0.4, -0.2) is 35.6 Å². The van der Waals surface area contributed by atoms with Gasteiger partial charge in [-0.05, 0) is 12.5 Å². The van der Waals surface area contributed by atoms with E-state index in [-0.39, 0.29) is 24.4 Å². The zero-order valence-corrected chi connectivity index (χ0v) is 10.8. The van der Waals surface area contributed by atoms with Crippen molar-refractivity contribution in [3.05, 3.63) is 29.3 Å². The van der Waals surface area contributed by atoms with Gasteiger partial charge in [-0.3, -0.25) is 4.79 Å². The lowest BCUT2D eigenvalue weighted by Crippen LogP contribution is -2.35. The minimum absolute atomic E-state index is 0.107. The van der Waals surface area contributed by atoms with Gasteiger partial charge in [0.15, 0.2) is 0 Å². The third-order valence-corrected chi connectivity index (χ3v) is 2.76. The number of nitrogen functional groups attached to an aromatic ring is 1. The molecule has 4 nitrogen and oxygen atoms in total. The maximum absolute atomic E-state index is 13.6. The molecular formula is C13H18F2N2O2. The van der Waals surface area contributed by atoms with E-state index in [9.17, 15) is 13.6 Å². The van der Waals surface area contributed by atoms with Crippen LogP contribution in [0.5, 0.6) is 0 Å². The van der Waals surface area contributed by atoms with E-state index in [2.05, 4.69) is 0 Å². The molecule has 0 unspecified atom stereocenters. The fourth-order valence-electron chi connectivity index (χ4n) is 1.68. The summed E-state index contributed by atoms with van der Waals surface area (Å²) < 4.78 is 26.6. The monoisotopic (exact) mass is 272 g/mol. The first-order valence-electron chi connectivity index (χ1n) is 6.15. The number of carbonyl (C=O) groups is 1. The molecule has 0 spiro atoms. The Kier molecular flexibility index (Phi) is 5.69. The first-order valence-corrected chi connectivity index (χ1v) is 6.15. The van der Waals surface area contributed by atoms with Crippen molar-refractivity contribution in [3.63, 3.8) is 0 Å². The summed E-state index contributed by atoms with van der Waals surface area (Å²) in [6, 6.07) is 1.59. The van der Waals surface area contributed by atoms with Crippen LogP contribution in [0.15, 0.2) is 12.1 Å². The molecule has 0 aliphatic heterocycles. The lowest BCUT2D eigenvalue weighted by molar-refractivity contribution is 0.0714. The molecule has 0 heterocycles. The number of aliphatic hydroxyl groups is 1. The largest absolute Gasteiger partial charge is 0.396 e. The van der Waals surface area contributed by atoms with E-state index < -0.39 is 17.5 Å². The highest BCUT2D eigenvalue weighted by Crippen LogP contribution is 2.18. The summed E-state index contributed by atoms with van der Waals surface area (Å²) in [7, 11) is 0. The average Bonchev–Trinajstić information content (AvgIpc) is 2.38. The predicted octanol–water partition coefficient (Wildman–Crippen LogP) is 1.78. The fraction of sp³-hybridized carbons (Fsp3) is 0.462. The lowest BCUT2D eigenvalue weighted by atomic mass is 10.1. The van der Waals surface area contributed by atoms with E-state index in [4.69, 9.17) is 10.8 Å². The van der Waals surface area contributed by atoms with Crippen molar-refractivity contribution in [2.24, 2.45) is 0 Å². The Bertz CT molecular complexity index is 453. The first-order chi connectivity index (χ1) is 9.01. The van der Waals surface area contributed by atoms with Gasteiger partial charge in [0.05, 0.1) is 17.9 Å². The van der Waals surface area contributed by atoms with E-state index in [0.29, 0.717) is 12.6 Å². The van der Waals surface area contributed by atoms with Crippen LogP contribution in [-0.2, 0) is 0 Å². The summed E-state index contributed by atoms with van der Waals surface area (Å²) in [4.78, 5) is 13.5. The van der Waals surface area contributed by atoms with Gasteiger partial charge < -0.3 is 15.7 Å². The summed E-state index contributed by atoms with van der Waals surface area (Å²) in [5.74, 6) is -2.43. The number of hydrogen-bond donors (Lipinski definition) is 2. The number of halogens is 2. The number of aliphatic hydroxyl groups excluding tert-OH is 1. The predicted molar refractivity (Wildman–Crippen MR) is 68.7 cm³/mol. The molecule has 0 aliphatic carbocycles. The molecule has 6 heteroatoms. The zero-order valence-electron chi connectivity index (χ0n) is 10.8. The Morgan fingerprint density at radius 1 is 1.32 bits per heavy atom. The van der Waals surface area contributed by atoms with Crippen LogP contribution >= 0.6 is 0 Å². The molecule has 0 bridgehead atoms. The molecule has 0 aliphatic rings. The van der Waals surface area contributed by atoms with Gasteiger partial charge in [-0.1, -0.05) is 13.3 Å². The molecule has 3 N–H and O–H groups in total. The van der Waals surface area contributed by atoms with Gasteiger partial charge in [0, 0.05) is 19.2 Å². The van der Waals surface area contributed by atoms with Gasteiger partial charge in [-0.15, -0.1) is 0 Å². The Hall–Kier alpha value is -1.69. The summed E-state index contributed by atoms with van der Waals surface area (Å²) in [6.45, 7) is 2.26. The number of carbonyl (C=O) groups excluding carboxylic acids is 1. The minimum atomic E-state index is -0.948. The van der Waals surface area contributed by atoms with Crippen molar-refractivity contribution in [2.75, 3.05) is 25.4 Å². The van der Waals surface area contributed by atoms with Gasteiger partial charge in [0.1, 0.15) is 11.6 Å². The topological polar surface area (TPSA) is 66.6 Å². The Balaban J connectivity index is 2.98. The molecule has 0 saturated heterocycles. The number of benzene rings is 1. The van der Waals surface area contributed by atoms with E-state index in [0.717, 1.165) is 18.9 Å². The Morgan fingerprint density at radius 3 is 2.58 bits per heavy atom. The number of nitrogens with two attached hydrogens (primary N) is 1. The van der Waals surface area contributed by atoms with Crippen LogP contribution in [0, 0.1) is 11.6 Å². The van der Waals surface area contributed by atoms with Gasteiger partial charge >= 0.3 is 0 Å². The molecule has 1 aromatic carbocycles. The van der Waals surface area contributed by atoms with Crippen molar-refractivity contribution in [1.29, 1.82) is 0 Å². The third kappa shape index (κ3) is 3.89. The molecule has 0 aromatic heterocycles. The minimum Gasteiger partial charge on any atom is -0.396 e. The molecular weight excluding hydrogens is 254 g/mol. The standard InChI is InChI=1S/C13H18F2N2O2/c1-2-3-4-17(5-6-18)13(19)9-7-12(16)11(15)8-10(9)14/h7-8,18H,2-6,16H2,1H3. The highest BCUT2D eigenvalue weighted by Gasteiger charge is 2.20. The van der Waals surface area contributed by atoms with Crippen LogP contribution in [0.3, 0.4) is 0 Å². The van der Waals surface area contributed by atoms with Crippen LogP contribution in [0.2, 0.25) is 0 Å². The number of amides is 1. The van der Waals surface area contributed by atoms with Gasteiger partial charge in [-0.2, -0.15) is 0 Å². The third-order valence-electron chi connectivity index (χ3n) is 2.76. The number of anilines is 1. The lowest BCUT2D eigenvalue weighted by Gasteiger charge is -2.22. The molecule has 19 heavy (non-hydrogen) atoms. The molecule has 1 aromatic rings. The number of unbranched alkanes of at least 4 members (excludes halogenated alkanes) is 1. The molecule has 106 valence electrons. The van der Waals surface area contributed by atoms with E-state index >= 15 is 0 Å². The molecule has 1 amide bonds. The van der Waals surface area contributed by atoms with Gasteiger partial charge in [0.2, 0.25) is 0 Å². The first kappa shape index (κ1) is 15.4. The molecule has 0 atom stereocenters. The average molecular weight is 272 g/mol. The second kappa shape index (κ2) is 7.04. The van der Waals surface area contributed by atoms with Crippen LogP contribution in [0.1, 0.15) is 30.1 Å². The summed E-state index contributed by atoms with van der Waals surface area (Å²) in [5, 5.41) is 8.93. The number of rotatable bonds is 6. The van der Waals surface area contributed by atoms with Crippen molar-refractivity contribution in [2.45, 2.75) is 19.8 Å².